The molecule has 1 aliphatic heterocycles. The maximum atomic E-state index is 12.3. The molecule has 8 nitrogen and oxygen atoms in total. The second kappa shape index (κ2) is 8.18. The summed E-state index contributed by atoms with van der Waals surface area (Å²) >= 11 is 1.43. The lowest BCUT2D eigenvalue weighted by molar-refractivity contribution is -0.113. The number of thioether (sulfide) groups is 1. The molecule has 1 saturated heterocycles. The molecule has 1 aromatic heterocycles. The highest BCUT2D eigenvalue weighted by Gasteiger charge is 2.32. The Morgan fingerprint density at radius 2 is 2.00 bits per heavy atom. The summed E-state index contributed by atoms with van der Waals surface area (Å²) in [7, 11) is 1.62. The number of hydrogen-bond acceptors (Lipinski definition) is 7. The van der Waals surface area contributed by atoms with E-state index in [9.17, 15) is 4.79 Å². The first-order chi connectivity index (χ1) is 13.2. The molecular weight excluding hydrogens is 366 g/mol. The standard InChI is InChI=1S/C18H23N5O3S/c1-25-15-6-2-13(3-7-15)19-16(24)12-27-18-21-20-17(23(18)14-4-5-14)22-8-10-26-11-9-22/h2-3,6-7,14H,4-5,8-12H2,1H3,(H,19,24). The molecule has 2 aliphatic rings. The van der Waals surface area contributed by atoms with Gasteiger partial charge in [-0.25, -0.2) is 0 Å². The number of rotatable bonds is 7. The summed E-state index contributed by atoms with van der Waals surface area (Å²) in [5, 5.41) is 12.5. The number of benzene rings is 1. The normalized spacial score (nSPS) is 17.0. The molecule has 2 aromatic rings. The number of anilines is 2. The molecule has 1 aliphatic carbocycles. The number of ether oxygens (including phenoxy) is 2. The van der Waals surface area contributed by atoms with E-state index in [4.69, 9.17) is 9.47 Å². The number of amides is 1. The lowest BCUT2D eigenvalue weighted by Gasteiger charge is -2.27. The smallest absolute Gasteiger partial charge is 0.234 e. The van der Waals surface area contributed by atoms with Gasteiger partial charge in [-0.1, -0.05) is 11.8 Å². The van der Waals surface area contributed by atoms with E-state index in [1.807, 2.05) is 24.3 Å². The summed E-state index contributed by atoms with van der Waals surface area (Å²) in [6, 6.07) is 7.74. The number of nitrogens with zero attached hydrogens (tertiary/aromatic N) is 4. The van der Waals surface area contributed by atoms with Crippen molar-refractivity contribution in [3.63, 3.8) is 0 Å². The molecule has 2 heterocycles. The number of morpholine rings is 1. The highest BCUT2D eigenvalue weighted by molar-refractivity contribution is 7.99. The Kier molecular flexibility index (Phi) is 5.49. The van der Waals surface area contributed by atoms with Crippen LogP contribution in [-0.4, -0.2) is 59.8 Å². The number of nitrogens with one attached hydrogen (secondary N) is 1. The molecule has 1 N–H and O–H groups in total. The van der Waals surface area contributed by atoms with Gasteiger partial charge in [-0.2, -0.15) is 0 Å². The fraction of sp³-hybridized carbons (Fsp3) is 0.500. The van der Waals surface area contributed by atoms with Gasteiger partial charge in [-0.05, 0) is 37.1 Å². The van der Waals surface area contributed by atoms with E-state index in [0.29, 0.717) is 25.0 Å². The molecule has 4 rings (SSSR count). The maximum absolute atomic E-state index is 12.3. The van der Waals surface area contributed by atoms with E-state index >= 15 is 0 Å². The molecule has 1 saturated carbocycles. The summed E-state index contributed by atoms with van der Waals surface area (Å²) in [4.78, 5) is 14.5. The van der Waals surface area contributed by atoms with Crippen LogP contribution in [0.25, 0.3) is 0 Å². The lowest BCUT2D eigenvalue weighted by atomic mass is 10.3. The van der Waals surface area contributed by atoms with Crippen LogP contribution in [0, 0.1) is 0 Å². The number of hydrogen-bond donors (Lipinski definition) is 1. The van der Waals surface area contributed by atoms with Gasteiger partial charge in [0.15, 0.2) is 5.16 Å². The first-order valence-electron chi connectivity index (χ1n) is 9.09. The van der Waals surface area contributed by atoms with Crippen molar-refractivity contribution in [2.24, 2.45) is 0 Å². The van der Waals surface area contributed by atoms with Crippen molar-refractivity contribution in [1.82, 2.24) is 14.8 Å². The van der Waals surface area contributed by atoms with Crippen LogP contribution in [-0.2, 0) is 9.53 Å². The summed E-state index contributed by atoms with van der Waals surface area (Å²) in [5.74, 6) is 1.89. The zero-order valence-corrected chi connectivity index (χ0v) is 16.1. The minimum absolute atomic E-state index is 0.0663. The molecule has 0 bridgehead atoms. The van der Waals surface area contributed by atoms with Crippen molar-refractivity contribution >= 4 is 29.3 Å². The Labute approximate surface area is 162 Å². The van der Waals surface area contributed by atoms with Crippen LogP contribution < -0.4 is 15.0 Å². The maximum Gasteiger partial charge on any atom is 0.234 e. The summed E-state index contributed by atoms with van der Waals surface area (Å²) in [6.07, 6.45) is 2.28. The predicted octanol–water partition coefficient (Wildman–Crippen LogP) is 2.19. The van der Waals surface area contributed by atoms with Gasteiger partial charge < -0.3 is 19.7 Å². The van der Waals surface area contributed by atoms with E-state index < -0.39 is 0 Å². The SMILES string of the molecule is COc1ccc(NC(=O)CSc2nnc(N3CCOCC3)n2C2CC2)cc1. The summed E-state index contributed by atoms with van der Waals surface area (Å²) in [6.45, 7) is 3.08. The van der Waals surface area contributed by atoms with Crippen LogP contribution in [0.4, 0.5) is 11.6 Å². The highest BCUT2D eigenvalue weighted by atomic mass is 32.2. The van der Waals surface area contributed by atoms with Gasteiger partial charge in [0.2, 0.25) is 11.9 Å². The third-order valence-electron chi connectivity index (χ3n) is 4.56. The van der Waals surface area contributed by atoms with Gasteiger partial charge in [0.25, 0.3) is 0 Å². The molecule has 0 radical (unpaired) electrons. The molecule has 1 aromatic carbocycles. The van der Waals surface area contributed by atoms with Gasteiger partial charge >= 0.3 is 0 Å². The molecule has 9 heteroatoms. The quantitative estimate of drug-likeness (QED) is 0.727. The Balaban J connectivity index is 1.38. The fourth-order valence-electron chi connectivity index (χ4n) is 3.00. The lowest BCUT2D eigenvalue weighted by Crippen LogP contribution is -2.38. The van der Waals surface area contributed by atoms with Crippen LogP contribution in [0.1, 0.15) is 18.9 Å². The third-order valence-corrected chi connectivity index (χ3v) is 5.50. The number of carbonyl (C=O) groups is 1. The Morgan fingerprint density at radius 1 is 1.26 bits per heavy atom. The van der Waals surface area contributed by atoms with Crippen LogP contribution in [0.3, 0.4) is 0 Å². The minimum Gasteiger partial charge on any atom is -0.497 e. The Hall–Kier alpha value is -2.26. The zero-order valence-electron chi connectivity index (χ0n) is 15.3. The topological polar surface area (TPSA) is 81.5 Å². The van der Waals surface area contributed by atoms with Crippen molar-refractivity contribution < 1.29 is 14.3 Å². The van der Waals surface area contributed by atoms with E-state index in [2.05, 4.69) is 25.0 Å². The monoisotopic (exact) mass is 389 g/mol. The van der Waals surface area contributed by atoms with Crippen molar-refractivity contribution in [1.29, 1.82) is 0 Å². The number of methoxy groups -OCH3 is 1. The first-order valence-corrected chi connectivity index (χ1v) is 10.1. The first kappa shape index (κ1) is 18.1. The molecular formula is C18H23N5O3S. The molecule has 0 unspecified atom stereocenters. The van der Waals surface area contributed by atoms with Crippen molar-refractivity contribution in [3.05, 3.63) is 24.3 Å². The van der Waals surface area contributed by atoms with Gasteiger partial charge in [0, 0.05) is 24.8 Å². The van der Waals surface area contributed by atoms with Gasteiger partial charge in [-0.3, -0.25) is 9.36 Å². The van der Waals surface area contributed by atoms with E-state index in [-0.39, 0.29) is 5.91 Å². The Bertz CT molecular complexity index is 785. The van der Waals surface area contributed by atoms with Gasteiger partial charge in [0.05, 0.1) is 26.1 Å². The van der Waals surface area contributed by atoms with E-state index in [1.165, 1.54) is 11.8 Å². The van der Waals surface area contributed by atoms with E-state index in [0.717, 1.165) is 48.5 Å². The second-order valence-electron chi connectivity index (χ2n) is 6.55. The third kappa shape index (κ3) is 4.36. The van der Waals surface area contributed by atoms with Crippen molar-refractivity contribution in [3.8, 4) is 5.75 Å². The second-order valence-corrected chi connectivity index (χ2v) is 7.49. The molecule has 144 valence electrons. The molecule has 1 amide bonds. The predicted molar refractivity (Wildman–Crippen MR) is 104 cm³/mol. The van der Waals surface area contributed by atoms with Crippen LogP contribution in [0.15, 0.2) is 29.4 Å². The highest BCUT2D eigenvalue weighted by Crippen LogP contribution is 2.41. The average Bonchev–Trinajstić information content (AvgIpc) is 3.46. The summed E-state index contributed by atoms with van der Waals surface area (Å²) < 4.78 is 12.7. The summed E-state index contributed by atoms with van der Waals surface area (Å²) in [5.41, 5.74) is 0.749. The number of aromatic nitrogens is 3. The van der Waals surface area contributed by atoms with Gasteiger partial charge in [0.1, 0.15) is 5.75 Å². The Morgan fingerprint density at radius 3 is 2.67 bits per heavy atom. The molecule has 0 spiro atoms. The zero-order chi connectivity index (χ0) is 18.6. The van der Waals surface area contributed by atoms with Gasteiger partial charge in [-0.15, -0.1) is 10.2 Å². The van der Waals surface area contributed by atoms with Crippen LogP contribution in [0.5, 0.6) is 5.75 Å². The largest absolute Gasteiger partial charge is 0.497 e. The fourth-order valence-corrected chi connectivity index (χ4v) is 3.80. The van der Waals surface area contributed by atoms with Crippen LogP contribution in [0.2, 0.25) is 0 Å². The van der Waals surface area contributed by atoms with Crippen molar-refractivity contribution in [2.45, 2.75) is 24.0 Å². The molecule has 27 heavy (non-hydrogen) atoms. The molecule has 0 atom stereocenters. The van der Waals surface area contributed by atoms with E-state index in [1.54, 1.807) is 7.11 Å². The van der Waals surface area contributed by atoms with Crippen molar-refractivity contribution in [2.75, 3.05) is 49.4 Å². The average molecular weight is 389 g/mol. The molecule has 2 fully saturated rings. The number of carbonyl (C=O) groups excluding carboxylic acids is 1. The minimum atomic E-state index is -0.0663. The van der Waals surface area contributed by atoms with Crippen LogP contribution >= 0.6 is 11.8 Å².